The third-order valence-corrected chi connectivity index (χ3v) is 3.80. The molecule has 0 fully saturated rings. The number of aromatic nitrogens is 1. The Hall–Kier alpha value is -2.95. The maximum atomic E-state index is 12.9. The summed E-state index contributed by atoms with van der Waals surface area (Å²) in [6, 6.07) is 13.7. The van der Waals surface area contributed by atoms with E-state index < -0.39 is 0 Å². The van der Waals surface area contributed by atoms with Crippen LogP contribution in [-0.4, -0.2) is 17.1 Å². The molecule has 3 rings (SSSR count). The fourth-order valence-corrected chi connectivity index (χ4v) is 2.71. The number of aromatic amines is 1. The highest BCUT2D eigenvalue weighted by atomic mass is 19.1. The summed E-state index contributed by atoms with van der Waals surface area (Å²) < 4.78 is 12.9. The SMILES string of the molecule is CC(C)c1c(C(=O)N/N=C/c2ccc(F)cc2)[nH]c2ccccc12. The Bertz CT molecular complexity index is 895. The number of rotatable bonds is 4. The van der Waals surface area contributed by atoms with Gasteiger partial charge >= 0.3 is 0 Å². The Morgan fingerprint density at radius 2 is 1.88 bits per heavy atom. The molecule has 2 N–H and O–H groups in total. The Balaban J connectivity index is 1.83. The van der Waals surface area contributed by atoms with Crippen LogP contribution in [-0.2, 0) is 0 Å². The molecule has 1 amide bonds. The zero-order valence-corrected chi connectivity index (χ0v) is 13.5. The van der Waals surface area contributed by atoms with Crippen molar-refractivity contribution in [2.45, 2.75) is 19.8 Å². The number of amides is 1. The minimum Gasteiger partial charge on any atom is -0.350 e. The third-order valence-electron chi connectivity index (χ3n) is 3.80. The Labute approximate surface area is 139 Å². The first kappa shape index (κ1) is 15.9. The minimum absolute atomic E-state index is 0.197. The molecule has 0 bridgehead atoms. The molecule has 122 valence electrons. The topological polar surface area (TPSA) is 57.2 Å². The van der Waals surface area contributed by atoms with Crippen LogP contribution in [0.2, 0.25) is 0 Å². The highest BCUT2D eigenvalue weighted by Crippen LogP contribution is 2.28. The van der Waals surface area contributed by atoms with Crippen LogP contribution in [0.4, 0.5) is 4.39 Å². The predicted molar refractivity (Wildman–Crippen MR) is 93.8 cm³/mol. The third kappa shape index (κ3) is 3.20. The van der Waals surface area contributed by atoms with Gasteiger partial charge in [-0.05, 0) is 35.2 Å². The van der Waals surface area contributed by atoms with Crippen molar-refractivity contribution in [1.82, 2.24) is 10.4 Å². The van der Waals surface area contributed by atoms with E-state index in [2.05, 4.69) is 15.5 Å². The van der Waals surface area contributed by atoms with E-state index >= 15 is 0 Å². The van der Waals surface area contributed by atoms with Crippen molar-refractivity contribution in [2.75, 3.05) is 0 Å². The quantitative estimate of drug-likeness (QED) is 0.549. The summed E-state index contributed by atoms with van der Waals surface area (Å²) in [4.78, 5) is 15.6. The number of hydrogen-bond acceptors (Lipinski definition) is 2. The fourth-order valence-electron chi connectivity index (χ4n) is 2.71. The molecule has 3 aromatic rings. The fraction of sp³-hybridized carbons (Fsp3) is 0.158. The van der Waals surface area contributed by atoms with Gasteiger partial charge in [-0.25, -0.2) is 9.82 Å². The average molecular weight is 323 g/mol. The van der Waals surface area contributed by atoms with Crippen LogP contribution in [0.15, 0.2) is 53.6 Å². The standard InChI is InChI=1S/C19H18FN3O/c1-12(2)17-15-5-3-4-6-16(15)22-18(17)19(24)23-21-11-13-7-9-14(20)10-8-13/h3-12,22H,1-2H3,(H,23,24)/b21-11+. The Kier molecular flexibility index (Phi) is 4.42. The molecule has 0 spiro atoms. The van der Waals surface area contributed by atoms with E-state index in [1.165, 1.54) is 18.3 Å². The molecule has 0 radical (unpaired) electrons. The van der Waals surface area contributed by atoms with Gasteiger partial charge in [0.15, 0.2) is 0 Å². The molecule has 0 saturated heterocycles. The number of nitrogens with zero attached hydrogens (tertiary/aromatic N) is 1. The zero-order valence-electron chi connectivity index (χ0n) is 13.5. The van der Waals surface area contributed by atoms with E-state index in [0.717, 1.165) is 16.5 Å². The molecular formula is C19H18FN3O. The summed E-state index contributed by atoms with van der Waals surface area (Å²) >= 11 is 0. The van der Waals surface area contributed by atoms with Gasteiger partial charge in [0, 0.05) is 10.9 Å². The van der Waals surface area contributed by atoms with E-state index in [0.29, 0.717) is 11.3 Å². The van der Waals surface area contributed by atoms with Crippen molar-refractivity contribution in [1.29, 1.82) is 0 Å². The lowest BCUT2D eigenvalue weighted by molar-refractivity contribution is 0.0949. The number of halogens is 1. The van der Waals surface area contributed by atoms with Gasteiger partial charge in [-0.1, -0.05) is 44.2 Å². The largest absolute Gasteiger partial charge is 0.350 e. The smallest absolute Gasteiger partial charge is 0.288 e. The van der Waals surface area contributed by atoms with Crippen molar-refractivity contribution in [2.24, 2.45) is 5.10 Å². The average Bonchev–Trinajstić information content (AvgIpc) is 2.96. The second kappa shape index (κ2) is 6.66. The lowest BCUT2D eigenvalue weighted by atomic mass is 9.99. The minimum atomic E-state index is -0.309. The van der Waals surface area contributed by atoms with Gasteiger partial charge in [-0.2, -0.15) is 5.10 Å². The predicted octanol–water partition coefficient (Wildman–Crippen LogP) is 4.19. The number of hydrogen-bond donors (Lipinski definition) is 2. The molecule has 1 heterocycles. The first-order valence-corrected chi connectivity index (χ1v) is 7.76. The van der Waals surface area contributed by atoms with Crippen LogP contribution in [0.3, 0.4) is 0 Å². The van der Waals surface area contributed by atoms with E-state index in [4.69, 9.17) is 0 Å². The number of benzene rings is 2. The van der Waals surface area contributed by atoms with E-state index in [-0.39, 0.29) is 17.6 Å². The van der Waals surface area contributed by atoms with Crippen LogP contribution in [0.25, 0.3) is 10.9 Å². The second-order valence-corrected chi connectivity index (χ2v) is 5.86. The Morgan fingerprint density at radius 1 is 1.17 bits per heavy atom. The summed E-state index contributed by atoms with van der Waals surface area (Å²) in [6.07, 6.45) is 1.48. The molecule has 0 aliphatic carbocycles. The van der Waals surface area contributed by atoms with E-state index in [1.807, 2.05) is 38.1 Å². The normalized spacial score (nSPS) is 11.5. The van der Waals surface area contributed by atoms with Crippen LogP contribution in [0.5, 0.6) is 0 Å². The van der Waals surface area contributed by atoms with Gasteiger partial charge in [0.05, 0.1) is 6.21 Å². The molecule has 0 atom stereocenters. The van der Waals surface area contributed by atoms with E-state index in [9.17, 15) is 9.18 Å². The van der Waals surface area contributed by atoms with Gasteiger partial charge in [0.2, 0.25) is 0 Å². The van der Waals surface area contributed by atoms with Crippen LogP contribution in [0, 0.1) is 5.82 Å². The lowest BCUT2D eigenvalue weighted by Gasteiger charge is -2.07. The molecule has 0 aliphatic rings. The number of nitrogens with one attached hydrogen (secondary N) is 2. The molecule has 1 aromatic heterocycles. The summed E-state index contributed by atoms with van der Waals surface area (Å²) in [5, 5.41) is 4.99. The van der Waals surface area contributed by atoms with Crippen molar-refractivity contribution >= 4 is 23.0 Å². The second-order valence-electron chi connectivity index (χ2n) is 5.86. The number of H-pyrrole nitrogens is 1. The molecular weight excluding hydrogens is 305 g/mol. The van der Waals surface area contributed by atoms with Crippen molar-refractivity contribution in [3.05, 3.63) is 71.2 Å². The van der Waals surface area contributed by atoms with Gasteiger partial charge < -0.3 is 4.98 Å². The van der Waals surface area contributed by atoms with Crippen LogP contribution in [0.1, 0.15) is 41.4 Å². The maximum absolute atomic E-state index is 12.9. The highest BCUT2D eigenvalue weighted by Gasteiger charge is 2.19. The number of hydrazone groups is 1. The van der Waals surface area contributed by atoms with Gasteiger partial charge in [0.1, 0.15) is 11.5 Å². The van der Waals surface area contributed by atoms with Gasteiger partial charge in [-0.15, -0.1) is 0 Å². The highest BCUT2D eigenvalue weighted by molar-refractivity contribution is 6.01. The zero-order chi connectivity index (χ0) is 17.1. The number of carbonyl (C=O) groups is 1. The molecule has 0 saturated carbocycles. The number of carbonyl (C=O) groups excluding carboxylic acids is 1. The summed E-state index contributed by atoms with van der Waals surface area (Å²) in [5.74, 6) is -0.410. The van der Waals surface area contributed by atoms with Crippen molar-refractivity contribution < 1.29 is 9.18 Å². The molecule has 0 aliphatic heterocycles. The van der Waals surface area contributed by atoms with Gasteiger partial charge in [0.25, 0.3) is 5.91 Å². The monoisotopic (exact) mass is 323 g/mol. The van der Waals surface area contributed by atoms with E-state index in [1.54, 1.807) is 12.1 Å². The van der Waals surface area contributed by atoms with Crippen molar-refractivity contribution in [3.63, 3.8) is 0 Å². The molecule has 4 nitrogen and oxygen atoms in total. The summed E-state index contributed by atoms with van der Waals surface area (Å²) in [5.41, 5.74) is 5.64. The molecule has 24 heavy (non-hydrogen) atoms. The summed E-state index contributed by atoms with van der Waals surface area (Å²) in [7, 11) is 0. The molecule has 2 aromatic carbocycles. The first-order chi connectivity index (χ1) is 11.6. The number of fused-ring (bicyclic) bond motifs is 1. The van der Waals surface area contributed by atoms with Crippen molar-refractivity contribution in [3.8, 4) is 0 Å². The van der Waals surface area contributed by atoms with Gasteiger partial charge in [-0.3, -0.25) is 4.79 Å². The number of para-hydroxylation sites is 1. The molecule has 0 unspecified atom stereocenters. The molecule has 5 heteroatoms. The van der Waals surface area contributed by atoms with Crippen LogP contribution < -0.4 is 5.43 Å². The van der Waals surface area contributed by atoms with Crippen LogP contribution >= 0.6 is 0 Å². The summed E-state index contributed by atoms with van der Waals surface area (Å²) in [6.45, 7) is 4.10. The lowest BCUT2D eigenvalue weighted by Crippen LogP contribution is -2.19. The Morgan fingerprint density at radius 3 is 2.58 bits per heavy atom. The maximum Gasteiger partial charge on any atom is 0.288 e. The first-order valence-electron chi connectivity index (χ1n) is 7.76.